The van der Waals surface area contributed by atoms with E-state index in [2.05, 4.69) is 26.3 Å². The Kier molecular flexibility index (Phi) is 13.9. The van der Waals surface area contributed by atoms with Gasteiger partial charge in [-0.15, -0.1) is 24.0 Å². The molecule has 0 bridgehead atoms. The zero-order valence-corrected chi connectivity index (χ0v) is 21.0. The first kappa shape index (κ1) is 28.0. The van der Waals surface area contributed by atoms with E-state index in [1.165, 1.54) is 0 Å². The maximum atomic E-state index is 11.8. The van der Waals surface area contributed by atoms with E-state index in [4.69, 9.17) is 4.74 Å². The second kappa shape index (κ2) is 14.9. The molecular weight excluding hydrogens is 497 g/mol. The van der Waals surface area contributed by atoms with Gasteiger partial charge >= 0.3 is 6.09 Å². The van der Waals surface area contributed by atoms with E-state index < -0.39 is 11.7 Å². The summed E-state index contributed by atoms with van der Waals surface area (Å²) in [5.41, 5.74) is 1.16. The quantitative estimate of drug-likeness (QED) is 0.169. The molecule has 9 heteroatoms. The smallest absolute Gasteiger partial charge is 0.407 e. The maximum absolute atomic E-state index is 11.8. The average molecular weight is 533 g/mol. The molecule has 0 atom stereocenters. The first-order chi connectivity index (χ1) is 13.7. The molecule has 0 unspecified atom stereocenters. The van der Waals surface area contributed by atoms with Crippen molar-refractivity contribution < 1.29 is 14.3 Å². The highest BCUT2D eigenvalue weighted by Gasteiger charge is 2.15. The fourth-order valence-corrected chi connectivity index (χ4v) is 2.34. The van der Waals surface area contributed by atoms with E-state index in [9.17, 15) is 9.59 Å². The summed E-state index contributed by atoms with van der Waals surface area (Å²) >= 11 is 0. The number of aliphatic imine (C=N–C) groups is 1. The molecule has 0 aliphatic carbocycles. The third-order valence-corrected chi connectivity index (χ3v) is 3.63. The standard InChI is InChI=1S/C21H35N5O3.HI/c1-6-22-18(27)17-11-9-16(10-12-17)15-26-19(23-7-2)24-13-8-14-25-20(28)29-21(3,4)5;/h9-12H,6-8,13-15H2,1-5H3,(H,22,27)(H,25,28)(H2,23,24,26);1H. The van der Waals surface area contributed by atoms with Gasteiger partial charge in [-0.1, -0.05) is 12.1 Å². The average Bonchev–Trinajstić information content (AvgIpc) is 2.65. The molecule has 0 saturated heterocycles. The molecule has 0 aliphatic rings. The van der Waals surface area contributed by atoms with Gasteiger partial charge in [0, 0.05) is 31.7 Å². The minimum absolute atomic E-state index is 0. The highest BCUT2D eigenvalue weighted by molar-refractivity contribution is 14.0. The number of benzene rings is 1. The Morgan fingerprint density at radius 3 is 2.10 bits per heavy atom. The molecule has 0 fully saturated rings. The molecule has 1 aromatic rings. The Morgan fingerprint density at radius 2 is 1.53 bits per heavy atom. The van der Waals surface area contributed by atoms with Crippen LogP contribution in [0.4, 0.5) is 4.79 Å². The molecule has 30 heavy (non-hydrogen) atoms. The van der Waals surface area contributed by atoms with Gasteiger partial charge in [0.2, 0.25) is 0 Å². The number of hydrogen-bond acceptors (Lipinski definition) is 4. The van der Waals surface area contributed by atoms with Crippen LogP contribution in [0, 0.1) is 0 Å². The lowest BCUT2D eigenvalue weighted by atomic mass is 10.1. The second-order valence-electron chi connectivity index (χ2n) is 7.46. The lowest BCUT2D eigenvalue weighted by Crippen LogP contribution is -2.39. The first-order valence-corrected chi connectivity index (χ1v) is 10.1. The summed E-state index contributed by atoms with van der Waals surface area (Å²) in [6, 6.07) is 7.42. The van der Waals surface area contributed by atoms with Crippen molar-refractivity contribution in [2.75, 3.05) is 26.2 Å². The van der Waals surface area contributed by atoms with Crippen LogP contribution in [-0.4, -0.2) is 49.7 Å². The largest absolute Gasteiger partial charge is 0.444 e. The number of rotatable bonds is 9. The number of ether oxygens (including phenoxy) is 1. The monoisotopic (exact) mass is 533 g/mol. The van der Waals surface area contributed by atoms with Crippen molar-refractivity contribution in [2.45, 2.75) is 53.2 Å². The zero-order chi connectivity index (χ0) is 21.7. The molecule has 0 aromatic heterocycles. The van der Waals surface area contributed by atoms with Crippen molar-refractivity contribution in [3.63, 3.8) is 0 Å². The van der Waals surface area contributed by atoms with Gasteiger partial charge in [0.05, 0.1) is 6.54 Å². The molecule has 0 aliphatic heterocycles. The Hall–Kier alpha value is -2.04. The third kappa shape index (κ3) is 12.5. The van der Waals surface area contributed by atoms with Crippen LogP contribution in [0.1, 0.15) is 57.0 Å². The van der Waals surface area contributed by atoms with Gasteiger partial charge in [0.25, 0.3) is 5.91 Å². The van der Waals surface area contributed by atoms with Gasteiger partial charge in [-0.3, -0.25) is 4.79 Å². The van der Waals surface area contributed by atoms with Crippen LogP contribution in [0.25, 0.3) is 0 Å². The van der Waals surface area contributed by atoms with E-state index in [0.29, 0.717) is 37.7 Å². The summed E-state index contributed by atoms with van der Waals surface area (Å²) in [5.74, 6) is 0.634. The van der Waals surface area contributed by atoms with Crippen LogP contribution < -0.4 is 21.3 Å². The molecule has 1 aromatic carbocycles. The van der Waals surface area contributed by atoms with Crippen molar-refractivity contribution >= 4 is 41.9 Å². The van der Waals surface area contributed by atoms with Crippen LogP contribution in [-0.2, 0) is 11.3 Å². The van der Waals surface area contributed by atoms with E-state index in [-0.39, 0.29) is 29.9 Å². The fraction of sp³-hybridized carbons (Fsp3) is 0.571. The lowest BCUT2D eigenvalue weighted by molar-refractivity contribution is 0.0527. The number of halogens is 1. The van der Waals surface area contributed by atoms with Crippen LogP contribution in [0.3, 0.4) is 0 Å². The van der Waals surface area contributed by atoms with Gasteiger partial charge < -0.3 is 26.0 Å². The summed E-state index contributed by atoms with van der Waals surface area (Å²) < 4.78 is 5.20. The molecule has 8 nitrogen and oxygen atoms in total. The number of nitrogens with one attached hydrogen (secondary N) is 4. The van der Waals surface area contributed by atoms with Crippen molar-refractivity contribution in [2.24, 2.45) is 4.99 Å². The van der Waals surface area contributed by atoms with E-state index in [1.807, 2.05) is 46.8 Å². The van der Waals surface area contributed by atoms with E-state index >= 15 is 0 Å². The topological polar surface area (TPSA) is 104 Å². The predicted molar refractivity (Wildman–Crippen MR) is 132 cm³/mol. The normalized spacial score (nSPS) is 11.2. The molecular formula is C21H36IN5O3. The molecule has 0 radical (unpaired) electrons. The number of hydrogen-bond donors (Lipinski definition) is 4. The number of carbonyl (C=O) groups excluding carboxylic acids is 2. The summed E-state index contributed by atoms with van der Waals surface area (Å²) in [7, 11) is 0. The summed E-state index contributed by atoms with van der Waals surface area (Å²) in [4.78, 5) is 28.0. The Morgan fingerprint density at radius 1 is 0.933 bits per heavy atom. The number of carbonyl (C=O) groups is 2. The molecule has 0 spiro atoms. The zero-order valence-electron chi connectivity index (χ0n) is 18.6. The molecule has 0 heterocycles. The van der Waals surface area contributed by atoms with Gasteiger partial charge in [0.15, 0.2) is 5.96 Å². The number of nitrogens with zero attached hydrogens (tertiary/aromatic N) is 1. The molecule has 0 saturated carbocycles. The Bertz CT molecular complexity index is 672. The van der Waals surface area contributed by atoms with E-state index in [1.54, 1.807) is 12.1 Å². The number of alkyl carbamates (subject to hydrolysis) is 1. The number of amides is 2. The van der Waals surface area contributed by atoms with Gasteiger partial charge in [-0.05, 0) is 58.7 Å². The minimum Gasteiger partial charge on any atom is -0.444 e. The first-order valence-electron chi connectivity index (χ1n) is 10.1. The van der Waals surface area contributed by atoms with E-state index in [0.717, 1.165) is 18.5 Å². The predicted octanol–water partition coefficient (Wildman–Crippen LogP) is 3.02. The molecule has 1 rings (SSSR count). The summed E-state index contributed by atoms with van der Waals surface area (Å²) in [6.45, 7) is 12.4. The minimum atomic E-state index is -0.495. The van der Waals surface area contributed by atoms with Gasteiger partial charge in [0.1, 0.15) is 5.60 Å². The van der Waals surface area contributed by atoms with Crippen LogP contribution >= 0.6 is 24.0 Å². The number of guanidine groups is 1. The van der Waals surface area contributed by atoms with Gasteiger partial charge in [-0.25, -0.2) is 9.79 Å². The van der Waals surface area contributed by atoms with Gasteiger partial charge in [-0.2, -0.15) is 0 Å². The van der Waals surface area contributed by atoms with Crippen LogP contribution in [0.2, 0.25) is 0 Å². The summed E-state index contributed by atoms with van der Waals surface area (Å²) in [6.07, 6.45) is 0.333. The highest BCUT2D eigenvalue weighted by atomic mass is 127. The SMILES string of the molecule is CCNC(=O)c1ccc(CN=C(NCC)NCCCNC(=O)OC(C)(C)C)cc1.I. The van der Waals surface area contributed by atoms with Crippen LogP contribution in [0.5, 0.6) is 0 Å². The highest BCUT2D eigenvalue weighted by Crippen LogP contribution is 2.07. The lowest BCUT2D eigenvalue weighted by Gasteiger charge is -2.19. The second-order valence-corrected chi connectivity index (χ2v) is 7.46. The Labute approximate surface area is 197 Å². The third-order valence-electron chi connectivity index (χ3n) is 3.63. The van der Waals surface area contributed by atoms with Crippen molar-refractivity contribution in [1.29, 1.82) is 0 Å². The Balaban J connectivity index is 0.00000841. The van der Waals surface area contributed by atoms with Crippen molar-refractivity contribution in [1.82, 2.24) is 21.3 Å². The summed E-state index contributed by atoms with van der Waals surface area (Å²) in [5, 5.41) is 11.9. The fourth-order valence-electron chi connectivity index (χ4n) is 2.34. The molecule has 2 amide bonds. The maximum Gasteiger partial charge on any atom is 0.407 e. The van der Waals surface area contributed by atoms with Crippen molar-refractivity contribution in [3.05, 3.63) is 35.4 Å². The molecule has 4 N–H and O–H groups in total. The van der Waals surface area contributed by atoms with Crippen LogP contribution in [0.15, 0.2) is 29.3 Å². The molecule has 170 valence electrons. The van der Waals surface area contributed by atoms with Crippen molar-refractivity contribution in [3.8, 4) is 0 Å².